The molecule has 0 saturated carbocycles. The van der Waals surface area contributed by atoms with Gasteiger partial charge in [0, 0.05) is 0 Å². The Morgan fingerprint density at radius 3 is 1.38 bits per heavy atom. The fourth-order valence-corrected chi connectivity index (χ4v) is 0. The summed E-state index contributed by atoms with van der Waals surface area (Å²) >= 11 is -2.86. The molecule has 0 fully saturated rings. The molecule has 0 rings (SSSR count). The van der Waals surface area contributed by atoms with Gasteiger partial charge in [-0.3, -0.25) is 0 Å². The second kappa shape index (κ2) is 7.38. The van der Waals surface area contributed by atoms with Gasteiger partial charge in [-0.25, -0.2) is 4.21 Å². The minimum Gasteiger partial charge on any atom is -0.750 e. The molecule has 52 valence electrons. The van der Waals surface area contributed by atoms with E-state index >= 15 is 0 Å². The van der Waals surface area contributed by atoms with Crippen molar-refractivity contribution >= 4 is 20.0 Å². The van der Waals surface area contributed by atoms with Gasteiger partial charge >= 0.3 is 8.60 Å². The Bertz CT molecular complexity index is 52.8. The van der Waals surface area contributed by atoms with Gasteiger partial charge in [0.1, 0.15) is 0 Å². The molecule has 0 heterocycles. The normalized spacial score (nSPS) is 12.2. The van der Waals surface area contributed by atoms with Crippen molar-refractivity contribution in [3.63, 3.8) is 0 Å². The Balaban J connectivity index is 0. The number of hydrogen-bond donors (Lipinski definition) is 4. The number of rotatable bonds is 0. The van der Waals surface area contributed by atoms with Crippen LogP contribution in [0.5, 0.6) is 0 Å². The van der Waals surface area contributed by atoms with Crippen molar-refractivity contribution < 1.29 is 28.0 Å². The molecule has 0 saturated heterocycles. The molecule has 1 unspecified atom stereocenters. The molecular formula is H4O6PS-. The van der Waals surface area contributed by atoms with E-state index in [1.807, 2.05) is 0 Å². The maximum absolute atomic E-state index is 8.56. The lowest BCUT2D eigenvalue weighted by Gasteiger charge is -1.83. The van der Waals surface area contributed by atoms with E-state index in [0.717, 1.165) is 0 Å². The van der Waals surface area contributed by atoms with Gasteiger partial charge in [-0.15, -0.1) is 0 Å². The fraction of sp³-hybridized carbons (Fsp3) is 0. The smallest absolute Gasteiger partial charge is 0.324 e. The predicted molar refractivity (Wildman–Crippen MR) is 25.1 cm³/mol. The van der Waals surface area contributed by atoms with Crippen LogP contribution < -0.4 is 0 Å². The quantitative estimate of drug-likeness (QED) is 0.255. The highest BCUT2D eigenvalue weighted by Gasteiger charge is 1.76. The second-order valence-electron chi connectivity index (χ2n) is 0.485. The lowest BCUT2D eigenvalue weighted by molar-refractivity contribution is 0.368. The van der Waals surface area contributed by atoms with Gasteiger partial charge in [0.2, 0.25) is 0 Å². The summed E-state index contributed by atoms with van der Waals surface area (Å²) in [6, 6.07) is 0. The third kappa shape index (κ3) is 1280. The van der Waals surface area contributed by atoms with Crippen LogP contribution in [0, 0.1) is 0 Å². The maximum atomic E-state index is 8.56. The maximum Gasteiger partial charge on any atom is 0.324 e. The third-order valence-electron chi connectivity index (χ3n) is 0. The van der Waals surface area contributed by atoms with Crippen LogP contribution in [0.4, 0.5) is 0 Å². The molecule has 0 aliphatic carbocycles. The summed E-state index contributed by atoms with van der Waals surface area (Å²) in [4.78, 5) is 21.7. The Morgan fingerprint density at radius 2 is 1.38 bits per heavy atom. The first-order valence-electron chi connectivity index (χ1n) is 1.12. The van der Waals surface area contributed by atoms with Gasteiger partial charge in [0.05, 0.1) is 11.4 Å². The molecule has 4 N–H and O–H groups in total. The monoisotopic (exact) mass is 163 g/mol. The van der Waals surface area contributed by atoms with Crippen LogP contribution in [-0.2, 0) is 11.4 Å². The van der Waals surface area contributed by atoms with E-state index in [0.29, 0.717) is 0 Å². The second-order valence-corrected chi connectivity index (χ2v) is 1.46. The molecule has 1 atom stereocenters. The lowest BCUT2D eigenvalue weighted by atomic mass is 15.8. The van der Waals surface area contributed by atoms with Gasteiger partial charge < -0.3 is 23.8 Å². The van der Waals surface area contributed by atoms with Gasteiger partial charge in [-0.05, 0) is 0 Å². The van der Waals surface area contributed by atoms with Crippen LogP contribution in [0.1, 0.15) is 0 Å². The summed E-state index contributed by atoms with van der Waals surface area (Å²) in [5.74, 6) is 0. The van der Waals surface area contributed by atoms with Crippen LogP contribution in [-0.4, -0.2) is 28.0 Å². The highest BCUT2D eigenvalue weighted by atomic mass is 32.2. The first-order valence-corrected chi connectivity index (χ1v) is 3.35. The van der Waals surface area contributed by atoms with Crippen LogP contribution >= 0.6 is 8.60 Å². The van der Waals surface area contributed by atoms with Crippen molar-refractivity contribution in [2.45, 2.75) is 0 Å². The summed E-state index contributed by atoms with van der Waals surface area (Å²) in [6.07, 6.45) is 0. The fourth-order valence-electron chi connectivity index (χ4n) is 0. The zero-order valence-electron chi connectivity index (χ0n) is 3.46. The Kier molecular flexibility index (Phi) is 10.3. The van der Waals surface area contributed by atoms with Crippen molar-refractivity contribution in [2.75, 3.05) is 0 Å². The zero-order chi connectivity index (χ0) is 7.15. The third-order valence-corrected chi connectivity index (χ3v) is 0. The van der Waals surface area contributed by atoms with Gasteiger partial charge in [0.25, 0.3) is 0 Å². The van der Waals surface area contributed by atoms with Crippen LogP contribution in [0.3, 0.4) is 0 Å². The molecule has 8 heteroatoms. The molecule has 0 spiro atoms. The minimum absolute atomic E-state index is 2.62. The average molecular weight is 163 g/mol. The van der Waals surface area contributed by atoms with Crippen molar-refractivity contribution in [3.8, 4) is 0 Å². The van der Waals surface area contributed by atoms with Gasteiger partial charge in [-0.1, -0.05) is 0 Å². The Morgan fingerprint density at radius 1 is 1.38 bits per heavy atom. The summed E-state index contributed by atoms with van der Waals surface area (Å²) in [6.45, 7) is 0. The van der Waals surface area contributed by atoms with Crippen molar-refractivity contribution in [3.05, 3.63) is 0 Å². The molecule has 8 heavy (non-hydrogen) atoms. The van der Waals surface area contributed by atoms with E-state index in [1.54, 1.807) is 0 Å². The molecular weight excluding hydrogens is 159 g/mol. The molecule has 6 nitrogen and oxygen atoms in total. The SMILES string of the molecule is O=S([O-])O.OP(O)O. The first kappa shape index (κ1) is 11.2. The summed E-state index contributed by atoms with van der Waals surface area (Å²) in [5, 5.41) is 0. The molecule has 0 aromatic carbocycles. The average Bonchev–Trinajstić information content (AvgIpc) is 1.25. The molecule has 0 aliphatic heterocycles. The topological polar surface area (TPSA) is 121 Å². The van der Waals surface area contributed by atoms with Crippen LogP contribution in [0.25, 0.3) is 0 Å². The molecule has 0 aliphatic rings. The van der Waals surface area contributed by atoms with E-state index in [9.17, 15) is 0 Å². The van der Waals surface area contributed by atoms with Gasteiger partial charge in [-0.2, -0.15) is 0 Å². The van der Waals surface area contributed by atoms with E-state index in [4.69, 9.17) is 28.0 Å². The van der Waals surface area contributed by atoms with Crippen molar-refractivity contribution in [1.29, 1.82) is 0 Å². The van der Waals surface area contributed by atoms with Crippen LogP contribution in [0.2, 0.25) is 0 Å². The first-order chi connectivity index (χ1) is 3.46. The Hall–Kier alpha value is 0.380. The molecule has 0 radical (unpaired) electrons. The zero-order valence-corrected chi connectivity index (χ0v) is 5.17. The summed E-state index contributed by atoms with van der Waals surface area (Å²) in [5.41, 5.74) is 0. The highest BCUT2D eigenvalue weighted by molar-refractivity contribution is 7.73. The van der Waals surface area contributed by atoms with Crippen LogP contribution in [0.15, 0.2) is 0 Å². The summed E-state index contributed by atoms with van der Waals surface area (Å²) < 4.78 is 24.1. The lowest BCUT2D eigenvalue weighted by Crippen LogP contribution is -1.75. The van der Waals surface area contributed by atoms with E-state index in [2.05, 4.69) is 0 Å². The largest absolute Gasteiger partial charge is 0.750 e. The summed E-state index contributed by atoms with van der Waals surface area (Å²) in [7, 11) is -2.62. The van der Waals surface area contributed by atoms with E-state index in [-0.39, 0.29) is 0 Å². The van der Waals surface area contributed by atoms with Gasteiger partial charge in [0.15, 0.2) is 0 Å². The standard InChI is InChI=1S/H3O3P.H2O3S/c2*1-4(2)3/h1-3H;(H2,1,2,3)/p-1. The van der Waals surface area contributed by atoms with E-state index in [1.165, 1.54) is 0 Å². The molecule has 0 bridgehead atoms. The predicted octanol–water partition coefficient (Wildman–Crippen LogP) is -1.47. The molecule has 0 aromatic rings. The number of hydrogen-bond acceptors (Lipinski definition) is 5. The van der Waals surface area contributed by atoms with Crippen molar-refractivity contribution in [1.82, 2.24) is 0 Å². The molecule has 0 aromatic heterocycles. The van der Waals surface area contributed by atoms with E-state index < -0.39 is 20.0 Å². The van der Waals surface area contributed by atoms with Crippen molar-refractivity contribution in [2.24, 2.45) is 0 Å². The molecule has 0 amide bonds. The Labute approximate surface area is 48.9 Å². The highest BCUT2D eigenvalue weighted by Crippen LogP contribution is 2.11. The minimum atomic E-state index is -2.86.